The van der Waals surface area contributed by atoms with E-state index < -0.39 is 0 Å². The molecule has 0 spiro atoms. The molecule has 1 aromatic heterocycles. The summed E-state index contributed by atoms with van der Waals surface area (Å²) in [5.41, 5.74) is 5.73. The lowest BCUT2D eigenvalue weighted by Crippen LogP contribution is -2.49. The second-order valence-corrected chi connectivity index (χ2v) is 5.09. The van der Waals surface area contributed by atoms with Crippen LogP contribution in [0.3, 0.4) is 0 Å². The molecule has 1 aliphatic heterocycles. The standard InChI is InChI=1S/C10H16N4OS/c1-7-2-3-14(8(4-7)5-11)10(15)9-6-12-13-16-9/h6-8H,2-5,11H2,1H3. The molecule has 0 bridgehead atoms. The average molecular weight is 240 g/mol. The van der Waals surface area contributed by atoms with Crippen molar-refractivity contribution in [1.29, 1.82) is 0 Å². The first-order chi connectivity index (χ1) is 7.72. The highest BCUT2D eigenvalue weighted by Gasteiger charge is 2.30. The van der Waals surface area contributed by atoms with E-state index in [1.165, 1.54) is 6.20 Å². The van der Waals surface area contributed by atoms with Crippen LogP contribution in [-0.4, -0.2) is 39.5 Å². The van der Waals surface area contributed by atoms with Crippen molar-refractivity contribution in [1.82, 2.24) is 14.5 Å². The molecule has 1 saturated heterocycles. The lowest BCUT2D eigenvalue weighted by Gasteiger charge is -2.37. The fourth-order valence-electron chi connectivity index (χ4n) is 2.15. The van der Waals surface area contributed by atoms with Crippen molar-refractivity contribution < 1.29 is 4.79 Å². The third-order valence-electron chi connectivity index (χ3n) is 3.08. The minimum absolute atomic E-state index is 0.0253. The van der Waals surface area contributed by atoms with Crippen LogP contribution >= 0.6 is 11.5 Å². The number of aromatic nitrogens is 2. The molecule has 1 amide bonds. The number of carbonyl (C=O) groups excluding carboxylic acids is 1. The van der Waals surface area contributed by atoms with Gasteiger partial charge in [0.05, 0.1) is 6.20 Å². The summed E-state index contributed by atoms with van der Waals surface area (Å²) in [5.74, 6) is 0.675. The molecule has 0 aromatic carbocycles. The van der Waals surface area contributed by atoms with Gasteiger partial charge in [-0.3, -0.25) is 4.79 Å². The van der Waals surface area contributed by atoms with Crippen LogP contribution in [0, 0.1) is 5.92 Å². The molecule has 6 heteroatoms. The molecule has 2 heterocycles. The minimum Gasteiger partial charge on any atom is -0.334 e. The minimum atomic E-state index is 0.0253. The number of carbonyl (C=O) groups is 1. The van der Waals surface area contributed by atoms with Gasteiger partial charge in [0.25, 0.3) is 5.91 Å². The third-order valence-corrected chi connectivity index (χ3v) is 3.74. The smallest absolute Gasteiger partial charge is 0.267 e. The number of likely N-dealkylation sites (tertiary alicyclic amines) is 1. The largest absolute Gasteiger partial charge is 0.334 e. The summed E-state index contributed by atoms with van der Waals surface area (Å²) in [6, 6.07) is 0.165. The van der Waals surface area contributed by atoms with Crippen LogP contribution in [0.1, 0.15) is 29.4 Å². The van der Waals surface area contributed by atoms with Crippen molar-refractivity contribution >= 4 is 17.4 Å². The Morgan fingerprint density at radius 1 is 1.75 bits per heavy atom. The van der Waals surface area contributed by atoms with Crippen LogP contribution in [0.4, 0.5) is 0 Å². The van der Waals surface area contributed by atoms with Crippen molar-refractivity contribution in [2.75, 3.05) is 13.1 Å². The molecule has 2 unspecified atom stereocenters. The van der Waals surface area contributed by atoms with Crippen molar-refractivity contribution in [3.8, 4) is 0 Å². The molecule has 88 valence electrons. The molecule has 0 aliphatic carbocycles. The van der Waals surface area contributed by atoms with Gasteiger partial charge in [0.2, 0.25) is 0 Å². The summed E-state index contributed by atoms with van der Waals surface area (Å²) >= 11 is 1.14. The van der Waals surface area contributed by atoms with Gasteiger partial charge in [-0.15, -0.1) is 5.10 Å². The van der Waals surface area contributed by atoms with Gasteiger partial charge >= 0.3 is 0 Å². The second kappa shape index (κ2) is 4.88. The highest BCUT2D eigenvalue weighted by Crippen LogP contribution is 2.23. The maximum atomic E-state index is 12.1. The van der Waals surface area contributed by atoms with Gasteiger partial charge in [0.15, 0.2) is 0 Å². The first-order valence-electron chi connectivity index (χ1n) is 5.50. The Kier molecular flexibility index (Phi) is 3.50. The maximum absolute atomic E-state index is 12.1. The van der Waals surface area contributed by atoms with Crippen LogP contribution in [0.15, 0.2) is 6.20 Å². The number of amides is 1. The van der Waals surface area contributed by atoms with E-state index in [2.05, 4.69) is 16.5 Å². The topological polar surface area (TPSA) is 72.1 Å². The first-order valence-corrected chi connectivity index (χ1v) is 6.28. The fourth-order valence-corrected chi connectivity index (χ4v) is 2.62. The zero-order valence-corrected chi connectivity index (χ0v) is 10.1. The molecule has 2 rings (SSSR count). The predicted octanol–water partition coefficient (Wildman–Crippen LogP) is 0.737. The number of nitrogens with zero attached hydrogens (tertiary/aromatic N) is 3. The normalized spacial score (nSPS) is 25.8. The maximum Gasteiger partial charge on any atom is 0.267 e. The lowest BCUT2D eigenvalue weighted by molar-refractivity contribution is 0.0578. The van der Waals surface area contributed by atoms with Gasteiger partial charge < -0.3 is 10.6 Å². The monoisotopic (exact) mass is 240 g/mol. The Morgan fingerprint density at radius 3 is 3.19 bits per heavy atom. The van der Waals surface area contributed by atoms with Gasteiger partial charge in [-0.2, -0.15) is 0 Å². The number of piperidine rings is 1. The van der Waals surface area contributed by atoms with Gasteiger partial charge in [0.1, 0.15) is 4.88 Å². The molecule has 1 aromatic rings. The van der Waals surface area contributed by atoms with Crippen LogP contribution in [0.25, 0.3) is 0 Å². The molecule has 16 heavy (non-hydrogen) atoms. The highest BCUT2D eigenvalue weighted by atomic mass is 32.1. The SMILES string of the molecule is CC1CCN(C(=O)c2cnns2)C(CN)C1. The van der Waals surface area contributed by atoms with E-state index >= 15 is 0 Å². The molecular formula is C10H16N4OS. The Morgan fingerprint density at radius 2 is 2.56 bits per heavy atom. The highest BCUT2D eigenvalue weighted by molar-refractivity contribution is 7.07. The summed E-state index contributed by atoms with van der Waals surface area (Å²) in [4.78, 5) is 14.6. The molecule has 1 aliphatic rings. The van der Waals surface area contributed by atoms with E-state index in [9.17, 15) is 4.79 Å². The van der Waals surface area contributed by atoms with Crippen molar-refractivity contribution in [3.63, 3.8) is 0 Å². The summed E-state index contributed by atoms with van der Waals surface area (Å²) in [5, 5.41) is 3.69. The van der Waals surface area contributed by atoms with E-state index in [1.807, 2.05) is 4.90 Å². The average Bonchev–Trinajstić information content (AvgIpc) is 2.81. The van der Waals surface area contributed by atoms with Crippen molar-refractivity contribution in [3.05, 3.63) is 11.1 Å². The molecule has 2 atom stereocenters. The van der Waals surface area contributed by atoms with E-state index in [4.69, 9.17) is 5.73 Å². The quantitative estimate of drug-likeness (QED) is 0.827. The summed E-state index contributed by atoms with van der Waals surface area (Å²) < 4.78 is 3.72. The van der Waals surface area contributed by atoms with Crippen LogP contribution in [-0.2, 0) is 0 Å². The first kappa shape index (κ1) is 11.5. The zero-order valence-electron chi connectivity index (χ0n) is 9.30. The number of nitrogens with two attached hydrogens (primary N) is 1. The predicted molar refractivity (Wildman–Crippen MR) is 62.2 cm³/mol. The van der Waals surface area contributed by atoms with Crippen LogP contribution in [0.2, 0.25) is 0 Å². The summed E-state index contributed by atoms with van der Waals surface area (Å²) in [7, 11) is 0. The van der Waals surface area contributed by atoms with E-state index in [-0.39, 0.29) is 11.9 Å². The van der Waals surface area contributed by atoms with Gasteiger partial charge in [-0.1, -0.05) is 11.4 Å². The molecule has 5 nitrogen and oxygen atoms in total. The van der Waals surface area contributed by atoms with E-state index in [1.54, 1.807) is 0 Å². The van der Waals surface area contributed by atoms with Gasteiger partial charge in [0, 0.05) is 19.1 Å². The molecular weight excluding hydrogens is 224 g/mol. The lowest BCUT2D eigenvalue weighted by atomic mass is 9.92. The van der Waals surface area contributed by atoms with Gasteiger partial charge in [-0.25, -0.2) is 0 Å². The molecule has 1 fully saturated rings. The molecule has 0 saturated carbocycles. The van der Waals surface area contributed by atoms with Crippen LogP contribution in [0.5, 0.6) is 0 Å². The number of hydrogen-bond acceptors (Lipinski definition) is 5. The Bertz CT molecular complexity index is 354. The summed E-state index contributed by atoms with van der Waals surface area (Å²) in [6.45, 7) is 3.53. The Labute approximate surface area is 98.8 Å². The second-order valence-electron chi connectivity index (χ2n) is 4.30. The number of rotatable bonds is 2. The Hall–Kier alpha value is -1.01. The fraction of sp³-hybridized carbons (Fsp3) is 0.700. The molecule has 2 N–H and O–H groups in total. The third kappa shape index (κ3) is 2.22. The molecule has 0 radical (unpaired) electrons. The van der Waals surface area contributed by atoms with Crippen molar-refractivity contribution in [2.45, 2.75) is 25.8 Å². The Balaban J connectivity index is 2.10. The van der Waals surface area contributed by atoms with Crippen LogP contribution < -0.4 is 5.73 Å². The van der Waals surface area contributed by atoms with E-state index in [0.29, 0.717) is 17.3 Å². The zero-order chi connectivity index (χ0) is 11.5. The number of hydrogen-bond donors (Lipinski definition) is 1. The van der Waals surface area contributed by atoms with Gasteiger partial charge in [-0.05, 0) is 30.3 Å². The summed E-state index contributed by atoms with van der Waals surface area (Å²) in [6.07, 6.45) is 3.57. The van der Waals surface area contributed by atoms with E-state index in [0.717, 1.165) is 30.9 Å². The van der Waals surface area contributed by atoms with Crippen molar-refractivity contribution in [2.24, 2.45) is 11.7 Å².